The van der Waals surface area contributed by atoms with Crippen LogP contribution in [0.3, 0.4) is 0 Å². The molecule has 1 aromatic rings. The van der Waals surface area contributed by atoms with Crippen LogP contribution in [0.1, 0.15) is 19.3 Å². The normalized spacial score (nSPS) is 24.8. The van der Waals surface area contributed by atoms with E-state index in [-0.39, 0.29) is 22.8 Å². The Morgan fingerprint density at radius 3 is 2.53 bits per heavy atom. The number of sulfonamides is 1. The lowest BCUT2D eigenvalue weighted by Gasteiger charge is -2.19. The Kier molecular flexibility index (Phi) is 3.37. The van der Waals surface area contributed by atoms with Crippen molar-refractivity contribution in [3.05, 3.63) is 24.3 Å². The van der Waals surface area contributed by atoms with Crippen LogP contribution in [0, 0.1) is 0 Å². The topological polar surface area (TPSA) is 95.4 Å². The number of benzene rings is 1. The first-order valence-electron chi connectivity index (χ1n) is 5.52. The molecule has 0 spiro atoms. The smallest absolute Gasteiger partial charge is 0.241 e. The molecule has 94 valence electrons. The van der Waals surface area contributed by atoms with Gasteiger partial charge in [0.2, 0.25) is 10.0 Å². The molecule has 0 saturated heterocycles. The van der Waals surface area contributed by atoms with Crippen molar-refractivity contribution < 1.29 is 13.2 Å². The number of hydrogen-bond acceptors (Lipinski definition) is 4. The summed E-state index contributed by atoms with van der Waals surface area (Å²) in [5.41, 5.74) is 5.88. The third kappa shape index (κ3) is 2.77. The quantitative estimate of drug-likeness (QED) is 0.827. The van der Waals surface area contributed by atoms with Crippen LogP contribution in [0.25, 0.3) is 0 Å². The van der Waals surface area contributed by atoms with Crippen LogP contribution < -0.4 is 15.6 Å². The van der Waals surface area contributed by atoms with Gasteiger partial charge in [-0.15, -0.1) is 0 Å². The molecular weight excluding hydrogens is 240 g/mol. The summed E-state index contributed by atoms with van der Waals surface area (Å²) >= 11 is 0. The largest absolute Gasteiger partial charge is 0.487 e. The summed E-state index contributed by atoms with van der Waals surface area (Å²) in [4.78, 5) is 0.0131. The van der Waals surface area contributed by atoms with E-state index in [9.17, 15) is 8.42 Å². The maximum absolute atomic E-state index is 11.4. The molecule has 1 aliphatic carbocycles. The van der Waals surface area contributed by atoms with Gasteiger partial charge in [0.05, 0.1) is 0 Å². The van der Waals surface area contributed by atoms with E-state index in [1.165, 1.54) is 6.07 Å². The SMILES string of the molecule is NC1CCCC1Oc1ccccc1S(N)(=O)=O. The van der Waals surface area contributed by atoms with Gasteiger partial charge in [-0.05, 0) is 31.4 Å². The third-order valence-electron chi connectivity index (χ3n) is 2.94. The standard InChI is InChI=1S/C11H16N2O3S/c12-8-4-3-6-9(8)16-10-5-1-2-7-11(10)17(13,14)15/h1-2,5,7-9H,3-4,6,12H2,(H2,13,14,15). The van der Waals surface area contributed by atoms with Gasteiger partial charge >= 0.3 is 0 Å². The monoisotopic (exact) mass is 256 g/mol. The summed E-state index contributed by atoms with van der Waals surface area (Å²) in [6, 6.07) is 6.32. The van der Waals surface area contributed by atoms with Gasteiger partial charge in [0.1, 0.15) is 16.7 Å². The highest BCUT2D eigenvalue weighted by Gasteiger charge is 2.27. The zero-order valence-electron chi connectivity index (χ0n) is 9.37. The van der Waals surface area contributed by atoms with Gasteiger partial charge in [-0.25, -0.2) is 13.6 Å². The van der Waals surface area contributed by atoms with Crippen LogP contribution in [-0.2, 0) is 10.0 Å². The molecule has 1 fully saturated rings. The first kappa shape index (κ1) is 12.3. The number of hydrogen-bond donors (Lipinski definition) is 2. The first-order valence-corrected chi connectivity index (χ1v) is 7.07. The van der Waals surface area contributed by atoms with Gasteiger partial charge in [-0.3, -0.25) is 0 Å². The summed E-state index contributed by atoms with van der Waals surface area (Å²) in [6.45, 7) is 0. The van der Waals surface area contributed by atoms with Gasteiger partial charge in [0.25, 0.3) is 0 Å². The van der Waals surface area contributed by atoms with Crippen LogP contribution in [0.5, 0.6) is 5.75 Å². The number of nitrogens with two attached hydrogens (primary N) is 2. The fraction of sp³-hybridized carbons (Fsp3) is 0.455. The summed E-state index contributed by atoms with van der Waals surface area (Å²) < 4.78 is 28.4. The van der Waals surface area contributed by atoms with E-state index in [2.05, 4.69) is 0 Å². The van der Waals surface area contributed by atoms with Gasteiger partial charge < -0.3 is 10.5 Å². The summed E-state index contributed by atoms with van der Waals surface area (Å²) in [7, 11) is -3.76. The maximum atomic E-state index is 11.4. The predicted molar refractivity (Wildman–Crippen MR) is 64.1 cm³/mol. The molecule has 6 heteroatoms. The molecule has 0 heterocycles. The molecule has 0 aromatic heterocycles. The van der Waals surface area contributed by atoms with Crippen molar-refractivity contribution in [2.24, 2.45) is 10.9 Å². The highest BCUT2D eigenvalue weighted by atomic mass is 32.2. The fourth-order valence-electron chi connectivity index (χ4n) is 2.05. The lowest BCUT2D eigenvalue weighted by atomic mass is 10.2. The first-order chi connectivity index (χ1) is 7.98. The molecule has 1 aromatic carbocycles. The van der Waals surface area contributed by atoms with E-state index < -0.39 is 10.0 Å². The zero-order chi connectivity index (χ0) is 12.5. The van der Waals surface area contributed by atoms with Crippen LogP contribution >= 0.6 is 0 Å². The van der Waals surface area contributed by atoms with E-state index in [4.69, 9.17) is 15.6 Å². The van der Waals surface area contributed by atoms with Crippen molar-refractivity contribution in [2.75, 3.05) is 0 Å². The molecule has 0 bridgehead atoms. The van der Waals surface area contributed by atoms with Crippen molar-refractivity contribution in [3.63, 3.8) is 0 Å². The second kappa shape index (κ2) is 4.64. The van der Waals surface area contributed by atoms with Gasteiger partial charge in [0.15, 0.2) is 0 Å². The van der Waals surface area contributed by atoms with E-state index in [0.29, 0.717) is 0 Å². The number of para-hydroxylation sites is 1. The summed E-state index contributed by atoms with van der Waals surface area (Å²) in [5, 5.41) is 5.13. The Hall–Kier alpha value is -1.11. The number of primary sulfonamides is 1. The Balaban J connectivity index is 2.27. The minimum atomic E-state index is -3.76. The Labute approximate surface area is 101 Å². The second-order valence-electron chi connectivity index (χ2n) is 4.24. The molecule has 4 N–H and O–H groups in total. The van der Waals surface area contributed by atoms with Gasteiger partial charge in [-0.1, -0.05) is 12.1 Å². The second-order valence-corrected chi connectivity index (χ2v) is 5.77. The van der Waals surface area contributed by atoms with E-state index in [1.807, 2.05) is 0 Å². The number of rotatable bonds is 3. The van der Waals surface area contributed by atoms with E-state index in [1.54, 1.807) is 18.2 Å². The highest BCUT2D eigenvalue weighted by molar-refractivity contribution is 7.89. The molecular formula is C11H16N2O3S. The van der Waals surface area contributed by atoms with Crippen LogP contribution in [-0.4, -0.2) is 20.6 Å². The third-order valence-corrected chi connectivity index (χ3v) is 3.89. The summed E-state index contributed by atoms with van der Waals surface area (Å²) in [6.07, 6.45) is 2.63. The van der Waals surface area contributed by atoms with Gasteiger partial charge in [-0.2, -0.15) is 0 Å². The van der Waals surface area contributed by atoms with Crippen LogP contribution in [0.2, 0.25) is 0 Å². The van der Waals surface area contributed by atoms with Crippen molar-refractivity contribution in [2.45, 2.75) is 36.3 Å². The van der Waals surface area contributed by atoms with Crippen molar-refractivity contribution in [1.29, 1.82) is 0 Å². The van der Waals surface area contributed by atoms with Gasteiger partial charge in [0, 0.05) is 6.04 Å². The van der Waals surface area contributed by atoms with E-state index in [0.717, 1.165) is 19.3 Å². The van der Waals surface area contributed by atoms with Crippen molar-refractivity contribution in [3.8, 4) is 5.75 Å². The zero-order valence-corrected chi connectivity index (χ0v) is 10.2. The fourth-order valence-corrected chi connectivity index (χ4v) is 2.71. The highest BCUT2D eigenvalue weighted by Crippen LogP contribution is 2.27. The molecule has 17 heavy (non-hydrogen) atoms. The lowest BCUT2D eigenvalue weighted by molar-refractivity contribution is 0.186. The predicted octanol–water partition coefficient (Wildman–Crippen LogP) is 0.593. The molecule has 5 nitrogen and oxygen atoms in total. The molecule has 0 amide bonds. The van der Waals surface area contributed by atoms with Crippen LogP contribution in [0.15, 0.2) is 29.2 Å². The molecule has 2 atom stereocenters. The molecule has 2 unspecified atom stereocenters. The Morgan fingerprint density at radius 2 is 1.94 bits per heavy atom. The molecule has 0 radical (unpaired) electrons. The van der Waals surface area contributed by atoms with Crippen LogP contribution in [0.4, 0.5) is 0 Å². The number of ether oxygens (including phenoxy) is 1. The minimum absolute atomic E-state index is 0.0131. The molecule has 1 saturated carbocycles. The van der Waals surface area contributed by atoms with E-state index >= 15 is 0 Å². The maximum Gasteiger partial charge on any atom is 0.241 e. The van der Waals surface area contributed by atoms with Crippen molar-refractivity contribution >= 4 is 10.0 Å². The Bertz CT molecular complexity index is 501. The summed E-state index contributed by atoms with van der Waals surface area (Å²) in [5.74, 6) is 0.289. The average molecular weight is 256 g/mol. The lowest BCUT2D eigenvalue weighted by Crippen LogP contribution is -2.34. The van der Waals surface area contributed by atoms with Crippen molar-refractivity contribution in [1.82, 2.24) is 0 Å². The minimum Gasteiger partial charge on any atom is -0.487 e. The average Bonchev–Trinajstić information content (AvgIpc) is 2.64. The Morgan fingerprint density at radius 1 is 1.24 bits per heavy atom. The molecule has 0 aliphatic heterocycles. The molecule has 2 rings (SSSR count). The molecule has 1 aliphatic rings.